The van der Waals surface area contributed by atoms with Crippen molar-refractivity contribution in [3.05, 3.63) is 105 Å². The Hall–Kier alpha value is -2.97. The summed E-state index contributed by atoms with van der Waals surface area (Å²) in [6.07, 6.45) is 10.6. The van der Waals surface area contributed by atoms with Gasteiger partial charge in [0.2, 0.25) is 0 Å². The minimum atomic E-state index is 1.14. The number of hydrogen-bond donors (Lipinski definition) is 0. The smallest absolute Gasteiger partial charge is 0.0407 e. The predicted octanol–water partition coefficient (Wildman–Crippen LogP) is 7.41. The maximum Gasteiger partial charge on any atom is 0.0407 e. The highest BCUT2D eigenvalue weighted by molar-refractivity contribution is 5.94. The number of piperidine rings is 1. The van der Waals surface area contributed by atoms with Crippen molar-refractivity contribution in [1.29, 1.82) is 0 Å². The van der Waals surface area contributed by atoms with Gasteiger partial charge in [-0.25, -0.2) is 0 Å². The predicted molar refractivity (Wildman–Crippen MR) is 145 cm³/mol. The van der Waals surface area contributed by atoms with Crippen molar-refractivity contribution < 1.29 is 0 Å². The van der Waals surface area contributed by atoms with Gasteiger partial charge in [0, 0.05) is 24.5 Å². The molecule has 34 heavy (non-hydrogen) atoms. The summed E-state index contributed by atoms with van der Waals surface area (Å²) in [7, 11) is 0. The van der Waals surface area contributed by atoms with Crippen LogP contribution in [0.15, 0.2) is 60.2 Å². The lowest BCUT2D eigenvalue weighted by Gasteiger charge is -2.30. The van der Waals surface area contributed by atoms with Gasteiger partial charge in [0.25, 0.3) is 0 Å². The summed E-state index contributed by atoms with van der Waals surface area (Å²) in [6, 6.07) is 20.1. The summed E-state index contributed by atoms with van der Waals surface area (Å²) in [4.78, 5) is 7.27. The number of aryl methyl sites for hydroxylation is 3. The second-order valence-corrected chi connectivity index (χ2v) is 9.92. The second-order valence-electron chi connectivity index (χ2n) is 9.92. The molecule has 1 aliphatic carbocycles. The highest BCUT2D eigenvalue weighted by atomic mass is 15.1. The lowest BCUT2D eigenvalue weighted by atomic mass is 9.86. The Morgan fingerprint density at radius 2 is 1.41 bits per heavy atom. The molecule has 0 N–H and O–H groups in total. The number of fused-ring (bicyclic) bond motifs is 2. The van der Waals surface area contributed by atoms with Crippen molar-refractivity contribution in [2.75, 3.05) is 19.6 Å². The van der Waals surface area contributed by atoms with Crippen molar-refractivity contribution in [2.24, 2.45) is 0 Å². The second kappa shape index (κ2) is 10.1. The summed E-state index contributed by atoms with van der Waals surface area (Å²) in [5, 5.41) is 0. The molecule has 1 aromatic heterocycles. The van der Waals surface area contributed by atoms with Crippen LogP contribution < -0.4 is 0 Å². The molecule has 2 nitrogen and oxygen atoms in total. The van der Waals surface area contributed by atoms with E-state index in [9.17, 15) is 0 Å². The molecular formula is C32H36N2. The zero-order valence-electron chi connectivity index (χ0n) is 20.9. The van der Waals surface area contributed by atoms with Crippen LogP contribution in [0.25, 0.3) is 17.7 Å². The molecule has 2 aliphatic rings. The fraction of sp³-hybridized carbons (Fsp3) is 0.344. The van der Waals surface area contributed by atoms with Crippen molar-refractivity contribution in [2.45, 2.75) is 52.9 Å². The van der Waals surface area contributed by atoms with Gasteiger partial charge >= 0.3 is 0 Å². The molecule has 0 atom stereocenters. The first kappa shape index (κ1) is 22.8. The number of likely N-dealkylation sites (tertiary alicyclic amines) is 1. The number of benzene rings is 2. The van der Waals surface area contributed by atoms with E-state index in [1.807, 2.05) is 0 Å². The molecule has 0 bridgehead atoms. The van der Waals surface area contributed by atoms with Crippen LogP contribution in [-0.4, -0.2) is 29.5 Å². The Kier molecular flexibility index (Phi) is 6.78. The standard InChI is InChI=1S/C32H36N2/c1-23-22-29(24(2)25(3)33-23)12-8-9-19-34-20-17-28(18-21-34)32-30-13-6-4-10-26(30)15-16-27-11-5-7-14-31(27)32/h4-7,10-11,13-16,22H,8-9,12,17-21H2,1-3H3. The Balaban J connectivity index is 1.25. The molecular weight excluding hydrogens is 412 g/mol. The Morgan fingerprint density at radius 1 is 0.794 bits per heavy atom. The number of hydrogen-bond acceptors (Lipinski definition) is 2. The van der Waals surface area contributed by atoms with Gasteiger partial charge in [-0.15, -0.1) is 0 Å². The van der Waals surface area contributed by atoms with Gasteiger partial charge in [-0.1, -0.05) is 66.3 Å². The SMILES string of the molecule is Cc1cc(CCCCN2CCC(=C3c4ccccc4C=Cc4ccccc43)CC2)c(C)c(C)n1. The lowest BCUT2D eigenvalue weighted by molar-refractivity contribution is 0.252. The van der Waals surface area contributed by atoms with Crippen LogP contribution in [0, 0.1) is 20.8 Å². The average molecular weight is 449 g/mol. The van der Waals surface area contributed by atoms with E-state index >= 15 is 0 Å². The number of unbranched alkanes of at least 4 members (excludes halogenated alkanes) is 1. The normalized spacial score (nSPS) is 15.7. The topological polar surface area (TPSA) is 16.1 Å². The lowest BCUT2D eigenvalue weighted by Crippen LogP contribution is -2.32. The molecule has 0 unspecified atom stereocenters. The minimum absolute atomic E-state index is 1.14. The summed E-state index contributed by atoms with van der Waals surface area (Å²) in [6.45, 7) is 10.0. The molecule has 0 saturated carbocycles. The third kappa shape index (κ3) is 4.79. The number of pyridine rings is 1. The highest BCUT2D eigenvalue weighted by Crippen LogP contribution is 2.38. The van der Waals surface area contributed by atoms with E-state index in [0.29, 0.717) is 0 Å². The van der Waals surface area contributed by atoms with E-state index in [4.69, 9.17) is 0 Å². The van der Waals surface area contributed by atoms with Gasteiger partial charge in [0.05, 0.1) is 0 Å². The van der Waals surface area contributed by atoms with Gasteiger partial charge in [-0.3, -0.25) is 4.98 Å². The maximum atomic E-state index is 4.60. The van der Waals surface area contributed by atoms with Crippen LogP contribution in [-0.2, 0) is 6.42 Å². The maximum absolute atomic E-state index is 4.60. The first-order chi connectivity index (χ1) is 16.6. The molecule has 1 aliphatic heterocycles. The molecule has 0 spiro atoms. The molecule has 1 saturated heterocycles. The molecule has 3 aromatic rings. The Morgan fingerprint density at radius 3 is 2.06 bits per heavy atom. The van der Waals surface area contributed by atoms with Crippen LogP contribution in [0.2, 0.25) is 0 Å². The van der Waals surface area contributed by atoms with E-state index in [0.717, 1.165) is 5.69 Å². The number of nitrogens with zero attached hydrogens (tertiary/aromatic N) is 2. The largest absolute Gasteiger partial charge is 0.303 e. The van der Waals surface area contributed by atoms with Gasteiger partial charge in [0.15, 0.2) is 0 Å². The van der Waals surface area contributed by atoms with Gasteiger partial charge < -0.3 is 4.90 Å². The fourth-order valence-corrected chi connectivity index (χ4v) is 5.63. The monoisotopic (exact) mass is 448 g/mol. The molecule has 1 fully saturated rings. The van der Waals surface area contributed by atoms with E-state index in [-0.39, 0.29) is 0 Å². The Bertz CT molecular complexity index is 1190. The molecule has 2 aromatic carbocycles. The average Bonchev–Trinajstić information content (AvgIpc) is 3.02. The summed E-state index contributed by atoms with van der Waals surface area (Å²) in [5.74, 6) is 0. The van der Waals surface area contributed by atoms with Crippen LogP contribution in [0.4, 0.5) is 0 Å². The van der Waals surface area contributed by atoms with Crippen molar-refractivity contribution in [3.8, 4) is 0 Å². The van der Waals surface area contributed by atoms with Crippen LogP contribution in [0.3, 0.4) is 0 Å². The quantitative estimate of drug-likeness (QED) is 0.295. The molecule has 0 amide bonds. The first-order valence-electron chi connectivity index (χ1n) is 12.8. The van der Waals surface area contributed by atoms with Gasteiger partial charge in [-0.05, 0) is 104 Å². The molecule has 0 radical (unpaired) electrons. The first-order valence-corrected chi connectivity index (χ1v) is 12.8. The van der Waals surface area contributed by atoms with Crippen LogP contribution in [0.1, 0.15) is 70.5 Å². The zero-order valence-corrected chi connectivity index (χ0v) is 20.9. The van der Waals surface area contributed by atoms with Gasteiger partial charge in [0.1, 0.15) is 0 Å². The third-order valence-corrected chi connectivity index (χ3v) is 7.64. The summed E-state index contributed by atoms with van der Waals surface area (Å²) < 4.78 is 0. The van der Waals surface area contributed by atoms with E-state index < -0.39 is 0 Å². The van der Waals surface area contributed by atoms with E-state index in [1.54, 1.807) is 5.57 Å². The van der Waals surface area contributed by atoms with Crippen LogP contribution >= 0.6 is 0 Å². The van der Waals surface area contributed by atoms with Gasteiger partial charge in [-0.2, -0.15) is 0 Å². The number of rotatable bonds is 5. The van der Waals surface area contributed by atoms with E-state index in [2.05, 4.69) is 97.4 Å². The van der Waals surface area contributed by atoms with Crippen molar-refractivity contribution >= 4 is 17.7 Å². The molecule has 2 heteroatoms. The molecule has 5 rings (SSSR count). The fourth-order valence-electron chi connectivity index (χ4n) is 5.63. The van der Waals surface area contributed by atoms with Crippen molar-refractivity contribution in [3.63, 3.8) is 0 Å². The number of aromatic nitrogens is 1. The highest BCUT2D eigenvalue weighted by Gasteiger charge is 2.22. The summed E-state index contributed by atoms with van der Waals surface area (Å²) in [5.41, 5.74) is 13.7. The Labute approximate surface area is 205 Å². The van der Waals surface area contributed by atoms with Crippen molar-refractivity contribution in [1.82, 2.24) is 9.88 Å². The van der Waals surface area contributed by atoms with Crippen LogP contribution in [0.5, 0.6) is 0 Å². The third-order valence-electron chi connectivity index (χ3n) is 7.64. The summed E-state index contributed by atoms with van der Waals surface area (Å²) >= 11 is 0. The van der Waals surface area contributed by atoms with E-state index in [1.165, 1.54) is 96.4 Å². The minimum Gasteiger partial charge on any atom is -0.303 e. The zero-order chi connectivity index (χ0) is 23.5. The molecule has 2 heterocycles. The molecule has 174 valence electrons.